The normalized spacial score (nSPS) is 11.6. The van der Waals surface area contributed by atoms with Crippen LogP contribution in [0.25, 0.3) is 5.69 Å². The zero-order valence-electron chi connectivity index (χ0n) is 12.9. The largest absolute Gasteiger partial charge is 0.331 e. The van der Waals surface area contributed by atoms with Crippen LogP contribution in [0.4, 0.5) is 4.39 Å². The minimum Gasteiger partial charge on any atom is -0.331 e. The summed E-state index contributed by atoms with van der Waals surface area (Å²) in [5.41, 5.74) is 1.30. The Hall–Kier alpha value is -2.98. The van der Waals surface area contributed by atoms with Crippen molar-refractivity contribution in [2.45, 2.75) is 6.04 Å². The van der Waals surface area contributed by atoms with Crippen LogP contribution in [-0.4, -0.2) is 15.7 Å². The maximum atomic E-state index is 13.3. The Morgan fingerprint density at radius 1 is 1.24 bits per heavy atom. The van der Waals surface area contributed by atoms with Gasteiger partial charge in [0.25, 0.3) is 5.91 Å². The highest BCUT2D eigenvalue weighted by atomic mass is 79.9. The van der Waals surface area contributed by atoms with Crippen molar-refractivity contribution in [3.05, 3.63) is 82.3 Å². The Kier molecular flexibility index (Phi) is 4.91. The van der Waals surface area contributed by atoms with E-state index in [1.807, 2.05) is 6.07 Å². The summed E-state index contributed by atoms with van der Waals surface area (Å²) >= 11 is 3.34. The molecule has 1 atom stereocenters. The Morgan fingerprint density at radius 2 is 2.04 bits per heavy atom. The molecule has 3 aromatic rings. The van der Waals surface area contributed by atoms with Crippen LogP contribution < -0.4 is 5.32 Å². The van der Waals surface area contributed by atoms with Crippen LogP contribution in [0.15, 0.2) is 65.3 Å². The number of nitriles is 1. The van der Waals surface area contributed by atoms with Gasteiger partial charge in [0.05, 0.1) is 11.8 Å². The second-order valence-corrected chi connectivity index (χ2v) is 6.13. The monoisotopic (exact) mass is 398 g/mol. The van der Waals surface area contributed by atoms with Gasteiger partial charge in [0.2, 0.25) is 0 Å². The Labute approximate surface area is 151 Å². The summed E-state index contributed by atoms with van der Waals surface area (Å²) in [6.45, 7) is 0. The number of hydrogen-bond acceptors (Lipinski definition) is 3. The minimum atomic E-state index is -0.802. The van der Waals surface area contributed by atoms with Crippen molar-refractivity contribution in [2.75, 3.05) is 0 Å². The third kappa shape index (κ3) is 3.92. The van der Waals surface area contributed by atoms with E-state index in [-0.39, 0.29) is 5.69 Å². The van der Waals surface area contributed by atoms with E-state index < -0.39 is 17.8 Å². The predicted molar refractivity (Wildman–Crippen MR) is 93.5 cm³/mol. The number of nitrogens with zero attached hydrogens (tertiary/aromatic N) is 3. The highest BCUT2D eigenvalue weighted by Crippen LogP contribution is 2.18. The lowest BCUT2D eigenvalue weighted by Gasteiger charge is -2.11. The summed E-state index contributed by atoms with van der Waals surface area (Å²) in [6, 6.07) is 15.8. The topological polar surface area (TPSA) is 70.7 Å². The Morgan fingerprint density at radius 3 is 2.76 bits per heavy atom. The fourth-order valence-corrected chi connectivity index (χ4v) is 2.71. The van der Waals surface area contributed by atoms with Crippen molar-refractivity contribution < 1.29 is 9.18 Å². The van der Waals surface area contributed by atoms with E-state index in [0.29, 0.717) is 11.3 Å². The molecular formula is C18H12BrFN4O. The van der Waals surface area contributed by atoms with Crippen LogP contribution >= 0.6 is 15.9 Å². The van der Waals surface area contributed by atoms with Crippen LogP contribution in [0, 0.1) is 17.1 Å². The van der Waals surface area contributed by atoms with Crippen LogP contribution in [0.1, 0.15) is 22.1 Å². The highest BCUT2D eigenvalue weighted by Gasteiger charge is 2.17. The average Bonchev–Trinajstić information content (AvgIpc) is 3.10. The minimum absolute atomic E-state index is 0.138. The third-order valence-electron chi connectivity index (χ3n) is 3.48. The fraction of sp³-hybridized carbons (Fsp3) is 0.0556. The maximum Gasteiger partial charge on any atom is 0.273 e. The molecule has 0 bridgehead atoms. The number of hydrogen-bond donors (Lipinski definition) is 1. The smallest absolute Gasteiger partial charge is 0.273 e. The fourth-order valence-electron chi connectivity index (χ4n) is 2.29. The van der Waals surface area contributed by atoms with Gasteiger partial charge in [-0.25, -0.2) is 9.07 Å². The van der Waals surface area contributed by atoms with Gasteiger partial charge in [-0.1, -0.05) is 34.1 Å². The van der Waals surface area contributed by atoms with Crippen molar-refractivity contribution in [2.24, 2.45) is 0 Å². The summed E-state index contributed by atoms with van der Waals surface area (Å²) in [4.78, 5) is 12.4. The lowest BCUT2D eigenvalue weighted by atomic mass is 10.1. The molecule has 1 unspecified atom stereocenters. The number of rotatable bonds is 4. The van der Waals surface area contributed by atoms with E-state index in [1.165, 1.54) is 22.9 Å². The lowest BCUT2D eigenvalue weighted by Crippen LogP contribution is -2.28. The number of nitrogens with one attached hydrogen (secondary N) is 1. The zero-order chi connectivity index (χ0) is 17.8. The number of carbonyl (C=O) groups is 1. The molecule has 0 spiro atoms. The average molecular weight is 399 g/mol. The summed E-state index contributed by atoms with van der Waals surface area (Å²) in [6.07, 6.45) is 1.56. The van der Waals surface area contributed by atoms with Gasteiger partial charge in [-0.15, -0.1) is 0 Å². The molecule has 25 heavy (non-hydrogen) atoms. The van der Waals surface area contributed by atoms with E-state index in [0.717, 1.165) is 4.47 Å². The molecule has 7 heteroatoms. The summed E-state index contributed by atoms with van der Waals surface area (Å²) in [7, 11) is 0. The van der Waals surface area contributed by atoms with Crippen molar-refractivity contribution in [1.82, 2.24) is 15.1 Å². The summed E-state index contributed by atoms with van der Waals surface area (Å²) in [5, 5.41) is 16.1. The van der Waals surface area contributed by atoms with Gasteiger partial charge < -0.3 is 5.32 Å². The van der Waals surface area contributed by atoms with Gasteiger partial charge in [-0.3, -0.25) is 4.79 Å². The van der Waals surface area contributed by atoms with Crippen molar-refractivity contribution >= 4 is 21.8 Å². The number of carbonyl (C=O) groups excluding carboxylic acids is 1. The van der Waals surface area contributed by atoms with Crippen LogP contribution in [0.2, 0.25) is 0 Å². The molecule has 0 saturated heterocycles. The number of aromatic nitrogens is 2. The molecular weight excluding hydrogens is 387 g/mol. The van der Waals surface area contributed by atoms with Gasteiger partial charge in [-0.2, -0.15) is 10.4 Å². The van der Waals surface area contributed by atoms with Crippen molar-refractivity contribution in [3.8, 4) is 11.8 Å². The number of benzene rings is 2. The van der Waals surface area contributed by atoms with Crippen LogP contribution in [-0.2, 0) is 0 Å². The SMILES string of the molecule is N#CC(NC(=O)c1ccn(-c2cccc(F)c2)n1)c1cccc(Br)c1. The van der Waals surface area contributed by atoms with Crippen LogP contribution in [0.5, 0.6) is 0 Å². The molecule has 5 nitrogen and oxygen atoms in total. The predicted octanol–water partition coefficient (Wildman–Crippen LogP) is 3.77. The molecule has 0 radical (unpaired) electrons. The quantitative estimate of drug-likeness (QED) is 0.726. The van der Waals surface area contributed by atoms with Crippen molar-refractivity contribution in [1.29, 1.82) is 5.26 Å². The lowest BCUT2D eigenvalue weighted by molar-refractivity contribution is 0.0939. The second-order valence-electron chi connectivity index (χ2n) is 5.22. The van der Waals surface area contributed by atoms with Crippen LogP contribution in [0.3, 0.4) is 0 Å². The van der Waals surface area contributed by atoms with Gasteiger partial charge in [-0.05, 0) is 42.0 Å². The standard InChI is InChI=1S/C18H12BrFN4O/c19-13-4-1-3-12(9-13)17(11-21)22-18(25)16-7-8-24(23-16)15-6-2-5-14(20)10-15/h1-10,17H,(H,22,25). The van der Waals surface area contributed by atoms with Gasteiger partial charge in [0.1, 0.15) is 11.9 Å². The van der Waals surface area contributed by atoms with Gasteiger partial charge in [0.15, 0.2) is 5.69 Å². The molecule has 0 saturated carbocycles. The maximum absolute atomic E-state index is 13.3. The second kappa shape index (κ2) is 7.28. The summed E-state index contributed by atoms with van der Waals surface area (Å²) in [5.74, 6) is -0.875. The van der Waals surface area contributed by atoms with E-state index in [1.54, 1.807) is 36.5 Å². The molecule has 3 rings (SSSR count). The third-order valence-corrected chi connectivity index (χ3v) is 3.97. The molecule has 2 aromatic carbocycles. The molecule has 0 aliphatic rings. The Balaban J connectivity index is 1.78. The number of amides is 1. The van der Waals surface area contributed by atoms with Gasteiger partial charge >= 0.3 is 0 Å². The first-order valence-corrected chi connectivity index (χ1v) is 8.13. The molecule has 0 aliphatic heterocycles. The van der Waals surface area contributed by atoms with E-state index in [4.69, 9.17) is 0 Å². The molecule has 1 aromatic heterocycles. The van der Waals surface area contributed by atoms with Crippen molar-refractivity contribution in [3.63, 3.8) is 0 Å². The van der Waals surface area contributed by atoms with E-state index >= 15 is 0 Å². The molecule has 124 valence electrons. The molecule has 1 heterocycles. The first-order valence-electron chi connectivity index (χ1n) is 7.34. The molecule has 0 fully saturated rings. The molecule has 0 aliphatic carbocycles. The first kappa shape index (κ1) is 16.9. The van der Waals surface area contributed by atoms with Gasteiger partial charge in [0, 0.05) is 10.7 Å². The zero-order valence-corrected chi connectivity index (χ0v) is 14.4. The summed E-state index contributed by atoms with van der Waals surface area (Å²) < 4.78 is 15.5. The molecule has 1 amide bonds. The van der Waals surface area contributed by atoms with E-state index in [2.05, 4.69) is 32.4 Å². The number of halogens is 2. The first-order chi connectivity index (χ1) is 12.1. The Bertz CT molecular complexity index is 963. The molecule has 1 N–H and O–H groups in total. The highest BCUT2D eigenvalue weighted by molar-refractivity contribution is 9.10. The van der Waals surface area contributed by atoms with E-state index in [9.17, 15) is 14.4 Å².